The number of nitrogens with zero attached hydrogens (tertiary/aromatic N) is 1. The number of amides is 1. The molecule has 0 aromatic heterocycles. The van der Waals surface area contributed by atoms with Crippen LogP contribution in [0.5, 0.6) is 0 Å². The lowest BCUT2D eigenvalue weighted by molar-refractivity contribution is -0.159. The maximum absolute atomic E-state index is 13.3. The third-order valence-corrected chi connectivity index (χ3v) is 3.86. The second kappa shape index (κ2) is 7.52. The highest BCUT2D eigenvalue weighted by Crippen LogP contribution is 2.24. The van der Waals surface area contributed by atoms with Gasteiger partial charge in [-0.05, 0) is 17.7 Å². The van der Waals surface area contributed by atoms with Gasteiger partial charge in [0.1, 0.15) is 11.4 Å². The minimum absolute atomic E-state index is 0.0865. The van der Waals surface area contributed by atoms with E-state index in [1.807, 2.05) is 0 Å². The Kier molecular flexibility index (Phi) is 5.68. The SMILES string of the molecule is O=C(O)CCC(=O)N1CCO[C@@](CO)(Cc2cccc(F)c2)C1. The topological polar surface area (TPSA) is 87.1 Å². The molecule has 1 atom stereocenters. The summed E-state index contributed by atoms with van der Waals surface area (Å²) < 4.78 is 19.0. The summed E-state index contributed by atoms with van der Waals surface area (Å²) in [6, 6.07) is 6.01. The number of aliphatic carboxylic acids is 1. The van der Waals surface area contributed by atoms with Gasteiger partial charge in [-0.15, -0.1) is 0 Å². The quantitative estimate of drug-likeness (QED) is 0.809. The molecule has 0 unspecified atom stereocenters. The first-order valence-corrected chi connectivity index (χ1v) is 7.43. The lowest BCUT2D eigenvalue weighted by Crippen LogP contribution is -2.56. The zero-order chi connectivity index (χ0) is 16.9. The molecule has 1 heterocycles. The average Bonchev–Trinajstić information content (AvgIpc) is 2.52. The highest BCUT2D eigenvalue weighted by molar-refractivity contribution is 5.80. The fraction of sp³-hybridized carbons (Fsp3) is 0.500. The fourth-order valence-corrected chi connectivity index (χ4v) is 2.71. The van der Waals surface area contributed by atoms with Crippen LogP contribution in [0.15, 0.2) is 24.3 Å². The van der Waals surface area contributed by atoms with E-state index in [0.29, 0.717) is 12.1 Å². The maximum Gasteiger partial charge on any atom is 0.303 e. The van der Waals surface area contributed by atoms with Crippen molar-refractivity contribution in [3.63, 3.8) is 0 Å². The van der Waals surface area contributed by atoms with Crippen molar-refractivity contribution in [2.75, 3.05) is 26.3 Å². The average molecular weight is 325 g/mol. The summed E-state index contributed by atoms with van der Waals surface area (Å²) in [7, 11) is 0. The molecule has 126 valence electrons. The van der Waals surface area contributed by atoms with Crippen molar-refractivity contribution in [3.05, 3.63) is 35.6 Å². The van der Waals surface area contributed by atoms with Crippen LogP contribution in [0.3, 0.4) is 0 Å². The van der Waals surface area contributed by atoms with E-state index in [1.165, 1.54) is 17.0 Å². The number of hydrogen-bond acceptors (Lipinski definition) is 4. The maximum atomic E-state index is 13.3. The van der Waals surface area contributed by atoms with Crippen LogP contribution in [-0.2, 0) is 20.7 Å². The van der Waals surface area contributed by atoms with Gasteiger partial charge in [0.15, 0.2) is 0 Å². The van der Waals surface area contributed by atoms with E-state index in [4.69, 9.17) is 9.84 Å². The van der Waals surface area contributed by atoms with Crippen molar-refractivity contribution in [1.82, 2.24) is 4.90 Å². The molecule has 2 N–H and O–H groups in total. The largest absolute Gasteiger partial charge is 0.481 e. The van der Waals surface area contributed by atoms with E-state index in [-0.39, 0.29) is 50.7 Å². The number of carboxylic acid groups (broad SMARTS) is 1. The highest BCUT2D eigenvalue weighted by atomic mass is 19.1. The van der Waals surface area contributed by atoms with E-state index in [0.717, 1.165) is 0 Å². The molecule has 0 radical (unpaired) electrons. The molecule has 0 bridgehead atoms. The Morgan fingerprint density at radius 2 is 2.13 bits per heavy atom. The van der Waals surface area contributed by atoms with Gasteiger partial charge in [0.05, 0.1) is 26.2 Å². The summed E-state index contributed by atoms with van der Waals surface area (Å²) in [6.07, 6.45) is -0.0486. The molecule has 1 fully saturated rings. The highest BCUT2D eigenvalue weighted by Gasteiger charge is 2.38. The molecule has 6 nitrogen and oxygen atoms in total. The number of halogens is 1. The second-order valence-corrected chi connectivity index (χ2v) is 5.71. The van der Waals surface area contributed by atoms with Gasteiger partial charge in [-0.3, -0.25) is 9.59 Å². The molecule has 0 aliphatic carbocycles. The van der Waals surface area contributed by atoms with E-state index in [1.54, 1.807) is 12.1 Å². The lowest BCUT2D eigenvalue weighted by atomic mass is 9.93. The number of morpholine rings is 1. The van der Waals surface area contributed by atoms with Crippen LogP contribution in [-0.4, -0.2) is 58.9 Å². The van der Waals surface area contributed by atoms with Crippen LogP contribution >= 0.6 is 0 Å². The number of ether oxygens (including phenoxy) is 1. The van der Waals surface area contributed by atoms with Crippen molar-refractivity contribution in [1.29, 1.82) is 0 Å². The molecule has 1 aliphatic heterocycles. The third kappa shape index (κ3) is 4.74. The van der Waals surface area contributed by atoms with Crippen LogP contribution in [0.2, 0.25) is 0 Å². The van der Waals surface area contributed by atoms with E-state index in [9.17, 15) is 19.1 Å². The van der Waals surface area contributed by atoms with Gasteiger partial charge in [0.2, 0.25) is 5.91 Å². The zero-order valence-electron chi connectivity index (χ0n) is 12.7. The zero-order valence-corrected chi connectivity index (χ0v) is 12.7. The van der Waals surface area contributed by atoms with Gasteiger partial charge < -0.3 is 19.8 Å². The molecule has 1 aliphatic rings. The lowest BCUT2D eigenvalue weighted by Gasteiger charge is -2.42. The first-order valence-electron chi connectivity index (χ1n) is 7.43. The molecule has 1 amide bonds. The Morgan fingerprint density at radius 1 is 1.35 bits per heavy atom. The Morgan fingerprint density at radius 3 is 2.78 bits per heavy atom. The summed E-state index contributed by atoms with van der Waals surface area (Å²) in [4.78, 5) is 24.2. The van der Waals surface area contributed by atoms with Crippen molar-refractivity contribution in [3.8, 4) is 0 Å². The van der Waals surface area contributed by atoms with Gasteiger partial charge in [0.25, 0.3) is 0 Å². The summed E-state index contributed by atoms with van der Waals surface area (Å²) >= 11 is 0. The Labute approximate surface area is 133 Å². The minimum atomic E-state index is -1.03. The van der Waals surface area contributed by atoms with Crippen LogP contribution < -0.4 is 0 Å². The first-order chi connectivity index (χ1) is 10.9. The number of aliphatic hydroxyl groups excluding tert-OH is 1. The van der Waals surface area contributed by atoms with Crippen LogP contribution in [0.4, 0.5) is 4.39 Å². The van der Waals surface area contributed by atoms with E-state index in [2.05, 4.69) is 0 Å². The molecule has 1 saturated heterocycles. The molecular formula is C16H20FNO5. The smallest absolute Gasteiger partial charge is 0.303 e. The number of carboxylic acids is 1. The van der Waals surface area contributed by atoms with E-state index >= 15 is 0 Å². The first kappa shape index (κ1) is 17.4. The number of benzene rings is 1. The molecule has 0 spiro atoms. The second-order valence-electron chi connectivity index (χ2n) is 5.71. The summed E-state index contributed by atoms with van der Waals surface area (Å²) in [5.41, 5.74) is -0.329. The molecule has 2 rings (SSSR count). The van der Waals surface area contributed by atoms with Crippen molar-refractivity contribution < 1.29 is 28.9 Å². The summed E-state index contributed by atoms with van der Waals surface area (Å²) in [5.74, 6) is -1.69. The predicted molar refractivity (Wildman–Crippen MR) is 79.3 cm³/mol. The number of aliphatic hydroxyl groups is 1. The Balaban J connectivity index is 2.06. The fourth-order valence-electron chi connectivity index (χ4n) is 2.71. The van der Waals surface area contributed by atoms with Crippen LogP contribution in [0.1, 0.15) is 18.4 Å². The number of carbonyl (C=O) groups excluding carboxylic acids is 1. The Hall–Kier alpha value is -1.99. The van der Waals surface area contributed by atoms with Crippen LogP contribution in [0.25, 0.3) is 0 Å². The summed E-state index contributed by atoms with van der Waals surface area (Å²) in [5, 5.41) is 18.4. The molecule has 1 aromatic carbocycles. The van der Waals surface area contributed by atoms with E-state index < -0.39 is 11.6 Å². The standard InChI is InChI=1S/C16H20FNO5/c17-13-3-1-2-12(8-13)9-16(11-19)10-18(6-7-23-16)14(20)4-5-15(21)22/h1-3,8,19H,4-7,9-11H2,(H,21,22)/t16-/m0/s1. The van der Waals surface area contributed by atoms with Gasteiger partial charge >= 0.3 is 5.97 Å². The molecular weight excluding hydrogens is 305 g/mol. The number of hydrogen-bond donors (Lipinski definition) is 2. The number of rotatable bonds is 6. The monoisotopic (exact) mass is 325 g/mol. The van der Waals surface area contributed by atoms with Crippen molar-refractivity contribution in [2.45, 2.75) is 24.9 Å². The molecule has 7 heteroatoms. The molecule has 0 saturated carbocycles. The molecule has 1 aromatic rings. The third-order valence-electron chi connectivity index (χ3n) is 3.86. The number of carbonyl (C=O) groups is 2. The molecule has 23 heavy (non-hydrogen) atoms. The van der Waals surface area contributed by atoms with Gasteiger partial charge in [0, 0.05) is 19.4 Å². The van der Waals surface area contributed by atoms with Crippen LogP contribution in [0, 0.1) is 5.82 Å². The van der Waals surface area contributed by atoms with Crippen molar-refractivity contribution in [2.24, 2.45) is 0 Å². The normalized spacial score (nSPS) is 21.2. The van der Waals surface area contributed by atoms with Gasteiger partial charge in [-0.25, -0.2) is 4.39 Å². The predicted octanol–water partition coefficient (Wildman–Crippen LogP) is 0.823. The van der Waals surface area contributed by atoms with Gasteiger partial charge in [-0.1, -0.05) is 12.1 Å². The summed E-state index contributed by atoms with van der Waals surface area (Å²) in [6.45, 7) is 0.433. The Bertz CT molecular complexity index is 579. The van der Waals surface area contributed by atoms with Gasteiger partial charge in [-0.2, -0.15) is 0 Å². The van der Waals surface area contributed by atoms with Crippen molar-refractivity contribution >= 4 is 11.9 Å². The minimum Gasteiger partial charge on any atom is -0.481 e.